The third-order valence-electron chi connectivity index (χ3n) is 3.95. The molecule has 1 amide bonds. The molecule has 0 aliphatic carbocycles. The highest BCUT2D eigenvalue weighted by Crippen LogP contribution is 2.23. The lowest BCUT2D eigenvalue weighted by Crippen LogP contribution is -2.44. The minimum atomic E-state index is -0.526. The van der Waals surface area contributed by atoms with E-state index in [0.29, 0.717) is 18.5 Å². The van der Waals surface area contributed by atoms with Crippen molar-refractivity contribution < 1.29 is 14.3 Å². The first-order valence-electron chi connectivity index (χ1n) is 8.28. The van der Waals surface area contributed by atoms with Crippen LogP contribution >= 0.6 is 0 Å². The van der Waals surface area contributed by atoms with Crippen LogP contribution in [0.3, 0.4) is 0 Å². The number of Topliss-reactive ketones (excluding diaryl/α,β-unsaturated/α-hetero) is 1. The molecule has 1 aliphatic rings. The van der Waals surface area contributed by atoms with E-state index in [1.807, 2.05) is 20.8 Å². The number of amides is 1. The van der Waals surface area contributed by atoms with Gasteiger partial charge in [0, 0.05) is 32.3 Å². The number of likely N-dealkylation sites (tertiary alicyclic amines) is 1. The maximum Gasteiger partial charge on any atom is 0.410 e. The molecule has 1 aromatic heterocycles. The zero-order valence-electron chi connectivity index (χ0n) is 14.5. The summed E-state index contributed by atoms with van der Waals surface area (Å²) in [5.41, 5.74) is 0.0716. The van der Waals surface area contributed by atoms with Crippen molar-refractivity contribution in [1.82, 2.24) is 14.7 Å². The number of aryl methyl sites for hydroxylation is 1. The van der Waals surface area contributed by atoms with Gasteiger partial charge in [-0.15, -0.1) is 0 Å². The van der Waals surface area contributed by atoms with Crippen LogP contribution in [0.1, 0.15) is 63.2 Å². The third-order valence-corrected chi connectivity index (χ3v) is 3.95. The van der Waals surface area contributed by atoms with Crippen molar-refractivity contribution in [3.8, 4) is 0 Å². The van der Waals surface area contributed by atoms with Crippen molar-refractivity contribution in [2.24, 2.45) is 7.05 Å². The second-order valence-corrected chi connectivity index (χ2v) is 7.21. The average molecular weight is 321 g/mol. The fraction of sp³-hybridized carbons (Fsp3) is 0.706. The number of hydrogen-bond donors (Lipinski definition) is 0. The highest BCUT2D eigenvalue weighted by atomic mass is 16.6. The summed E-state index contributed by atoms with van der Waals surface area (Å²) in [6, 6.07) is -0.0972. The number of hydrogen-bond acceptors (Lipinski definition) is 4. The van der Waals surface area contributed by atoms with Crippen molar-refractivity contribution in [2.45, 2.75) is 64.5 Å². The highest BCUT2D eigenvalue weighted by molar-refractivity contribution is 5.96. The Hall–Kier alpha value is -1.85. The molecule has 0 aromatic carbocycles. The molecule has 2 heterocycles. The van der Waals surface area contributed by atoms with Crippen molar-refractivity contribution in [1.29, 1.82) is 0 Å². The summed E-state index contributed by atoms with van der Waals surface area (Å²) < 4.78 is 7.13. The van der Waals surface area contributed by atoms with Gasteiger partial charge in [0.2, 0.25) is 0 Å². The molecule has 0 bridgehead atoms. The lowest BCUT2D eigenvalue weighted by molar-refractivity contribution is 0.0162. The standard InChI is InChI=1S/C17H27N3O3/c1-17(2,3)23-16(22)20-9-7-5-6-8-14(20)10-15(21)13-11-18-19(4)12-13/h11-12,14H,5-10H2,1-4H3. The van der Waals surface area contributed by atoms with Gasteiger partial charge in [-0.05, 0) is 33.6 Å². The van der Waals surface area contributed by atoms with Crippen molar-refractivity contribution in [2.75, 3.05) is 6.54 Å². The first kappa shape index (κ1) is 17.5. The topological polar surface area (TPSA) is 64.4 Å². The van der Waals surface area contributed by atoms with Crippen molar-refractivity contribution >= 4 is 11.9 Å². The molecule has 6 nitrogen and oxygen atoms in total. The predicted molar refractivity (Wildman–Crippen MR) is 87.4 cm³/mol. The van der Waals surface area contributed by atoms with Gasteiger partial charge < -0.3 is 9.64 Å². The molecule has 1 saturated heterocycles. The van der Waals surface area contributed by atoms with Gasteiger partial charge in [-0.2, -0.15) is 5.10 Å². The molecule has 1 aliphatic heterocycles. The monoisotopic (exact) mass is 321 g/mol. The molecule has 1 unspecified atom stereocenters. The zero-order chi connectivity index (χ0) is 17.0. The van der Waals surface area contributed by atoms with Crippen molar-refractivity contribution in [3.05, 3.63) is 18.0 Å². The number of carbonyl (C=O) groups excluding carboxylic acids is 2. The van der Waals surface area contributed by atoms with Gasteiger partial charge in [0.25, 0.3) is 0 Å². The van der Waals surface area contributed by atoms with Gasteiger partial charge >= 0.3 is 6.09 Å². The molecule has 0 radical (unpaired) electrons. The third kappa shape index (κ3) is 5.08. The van der Waals surface area contributed by atoms with Gasteiger partial charge in [0.05, 0.1) is 11.8 Å². The Labute approximate surface area is 137 Å². The molecule has 6 heteroatoms. The van der Waals surface area contributed by atoms with Crippen LogP contribution in [0, 0.1) is 0 Å². The molecule has 2 rings (SSSR count). The minimum Gasteiger partial charge on any atom is -0.444 e. The molecular formula is C17H27N3O3. The maximum absolute atomic E-state index is 12.5. The second kappa shape index (κ2) is 7.15. The Morgan fingerprint density at radius 2 is 2.04 bits per heavy atom. The first-order chi connectivity index (χ1) is 10.8. The van der Waals surface area contributed by atoms with E-state index in [1.54, 1.807) is 29.0 Å². The zero-order valence-corrected chi connectivity index (χ0v) is 14.5. The summed E-state index contributed by atoms with van der Waals surface area (Å²) in [7, 11) is 1.79. The number of ether oxygens (including phenoxy) is 1. The van der Waals surface area contributed by atoms with Crippen molar-refractivity contribution in [3.63, 3.8) is 0 Å². The van der Waals surface area contributed by atoms with E-state index in [-0.39, 0.29) is 17.9 Å². The second-order valence-electron chi connectivity index (χ2n) is 7.21. The quantitative estimate of drug-likeness (QED) is 0.802. The van der Waals surface area contributed by atoms with E-state index < -0.39 is 5.60 Å². The van der Waals surface area contributed by atoms with Crippen LogP contribution in [0.4, 0.5) is 4.79 Å². The molecule has 1 atom stereocenters. The van der Waals surface area contributed by atoms with E-state index in [2.05, 4.69) is 5.10 Å². The Balaban J connectivity index is 2.08. The smallest absolute Gasteiger partial charge is 0.410 e. The lowest BCUT2D eigenvalue weighted by Gasteiger charge is -2.32. The molecule has 23 heavy (non-hydrogen) atoms. The van der Waals surface area contributed by atoms with E-state index in [4.69, 9.17) is 4.74 Å². The van der Waals surface area contributed by atoms with Crippen LogP contribution in [0.5, 0.6) is 0 Å². The Bertz CT molecular complexity index is 560. The lowest BCUT2D eigenvalue weighted by atomic mass is 10.0. The van der Waals surface area contributed by atoms with Crippen LogP contribution < -0.4 is 0 Å². The number of nitrogens with zero attached hydrogens (tertiary/aromatic N) is 3. The average Bonchev–Trinajstić information content (AvgIpc) is 2.73. The number of carbonyl (C=O) groups is 2. The largest absolute Gasteiger partial charge is 0.444 e. The van der Waals surface area contributed by atoms with Gasteiger partial charge in [-0.3, -0.25) is 9.48 Å². The van der Waals surface area contributed by atoms with Gasteiger partial charge in [0.1, 0.15) is 5.60 Å². The molecular weight excluding hydrogens is 294 g/mol. The van der Waals surface area contributed by atoms with Crippen LogP contribution in [-0.4, -0.2) is 44.7 Å². The minimum absolute atomic E-state index is 0.0264. The van der Waals surface area contributed by atoms with E-state index in [9.17, 15) is 9.59 Å². The van der Waals surface area contributed by atoms with Crippen LogP contribution in [0.2, 0.25) is 0 Å². The van der Waals surface area contributed by atoms with Gasteiger partial charge in [-0.25, -0.2) is 4.79 Å². The Morgan fingerprint density at radius 1 is 1.30 bits per heavy atom. The first-order valence-corrected chi connectivity index (χ1v) is 8.28. The fourth-order valence-corrected chi connectivity index (χ4v) is 2.85. The molecule has 128 valence electrons. The molecule has 1 fully saturated rings. The molecule has 1 aromatic rings. The van der Waals surface area contributed by atoms with Gasteiger partial charge in [-0.1, -0.05) is 12.8 Å². The SMILES string of the molecule is Cn1cc(C(=O)CC2CCCCCN2C(=O)OC(C)(C)C)cn1. The van der Waals surface area contributed by atoms with E-state index in [1.165, 1.54) is 0 Å². The van der Waals surface area contributed by atoms with Crippen LogP contribution in [0.15, 0.2) is 12.4 Å². The predicted octanol–water partition coefficient (Wildman–Crippen LogP) is 3.17. The van der Waals surface area contributed by atoms with Crippen LogP contribution in [-0.2, 0) is 11.8 Å². The Kier molecular flexibility index (Phi) is 5.44. The van der Waals surface area contributed by atoms with Crippen LogP contribution in [0.25, 0.3) is 0 Å². The fourth-order valence-electron chi connectivity index (χ4n) is 2.85. The number of ketones is 1. The number of rotatable bonds is 3. The van der Waals surface area contributed by atoms with E-state index >= 15 is 0 Å². The summed E-state index contributed by atoms with van der Waals surface area (Å²) in [6.45, 7) is 6.23. The number of aromatic nitrogens is 2. The summed E-state index contributed by atoms with van der Waals surface area (Å²) in [4.78, 5) is 26.7. The molecule has 0 spiro atoms. The summed E-state index contributed by atoms with van der Waals surface area (Å²) in [5, 5.41) is 4.04. The summed E-state index contributed by atoms with van der Waals surface area (Å²) in [6.07, 6.45) is 7.21. The molecule has 0 saturated carbocycles. The van der Waals surface area contributed by atoms with E-state index in [0.717, 1.165) is 25.7 Å². The highest BCUT2D eigenvalue weighted by Gasteiger charge is 2.31. The van der Waals surface area contributed by atoms with Gasteiger partial charge in [0.15, 0.2) is 5.78 Å². The molecule has 0 N–H and O–H groups in total. The normalized spacial score (nSPS) is 19.3. The maximum atomic E-state index is 12.5. The Morgan fingerprint density at radius 3 is 2.65 bits per heavy atom. The summed E-state index contributed by atoms with van der Waals surface area (Å²) >= 11 is 0. The summed E-state index contributed by atoms with van der Waals surface area (Å²) in [5.74, 6) is 0.0264.